The summed E-state index contributed by atoms with van der Waals surface area (Å²) < 4.78 is 18.6. The Morgan fingerprint density at radius 2 is 1.69 bits per heavy atom. The van der Waals surface area contributed by atoms with Crippen LogP contribution in [0.15, 0.2) is 35.7 Å². The molecule has 0 bridgehead atoms. The maximum atomic E-state index is 14.9. The van der Waals surface area contributed by atoms with Gasteiger partial charge in [0, 0.05) is 17.8 Å². The van der Waals surface area contributed by atoms with Crippen LogP contribution in [-0.4, -0.2) is 85.3 Å². The molecule has 54 heavy (non-hydrogen) atoms. The van der Waals surface area contributed by atoms with Crippen molar-refractivity contribution in [2.75, 3.05) is 20.3 Å². The normalized spacial score (nSPS) is 17.3. The molecule has 1 fully saturated rings. The number of esters is 2. The minimum Gasteiger partial charge on any atom is -0.456 e. The predicted molar refractivity (Wildman–Crippen MR) is 216 cm³/mol. The number of aromatic nitrogens is 1. The number of piperidine rings is 1. The molecule has 0 saturated carbocycles. The number of likely N-dealkylation sites (tertiary alicyclic amines) is 1. The van der Waals surface area contributed by atoms with Crippen LogP contribution >= 0.6 is 11.3 Å². The van der Waals surface area contributed by atoms with Gasteiger partial charge in [0.1, 0.15) is 17.7 Å². The van der Waals surface area contributed by atoms with Crippen molar-refractivity contribution < 1.29 is 33.1 Å². The Hall–Kier alpha value is -3.13. The van der Waals surface area contributed by atoms with Gasteiger partial charge in [0.05, 0.1) is 12.1 Å². The van der Waals surface area contributed by atoms with Crippen LogP contribution in [0.25, 0.3) is 0 Å². The number of hydrogen-bond acceptors (Lipinski definition) is 10. The molecule has 1 aromatic carbocycles. The highest BCUT2D eigenvalue weighted by Crippen LogP contribution is 2.37. The second-order valence-corrected chi connectivity index (χ2v) is 20.7. The van der Waals surface area contributed by atoms with Gasteiger partial charge in [0.2, 0.25) is 11.8 Å². The number of carbonyl (C=O) groups excluding carboxylic acids is 4. The van der Waals surface area contributed by atoms with Gasteiger partial charge in [-0.25, -0.2) is 9.78 Å². The molecule has 2 aromatic rings. The molecule has 0 spiro atoms. The Balaban J connectivity index is 2.02. The van der Waals surface area contributed by atoms with Crippen molar-refractivity contribution in [2.45, 2.75) is 149 Å². The first-order valence-electron chi connectivity index (χ1n) is 20.1. The number of nitrogens with zero attached hydrogens (tertiary/aromatic N) is 3. The van der Waals surface area contributed by atoms with Gasteiger partial charge in [-0.1, -0.05) is 98.6 Å². The summed E-state index contributed by atoms with van der Waals surface area (Å²) in [6, 6.07) is 10.6. The average molecular weight is 787 g/mol. The van der Waals surface area contributed by atoms with E-state index >= 15 is 0 Å². The number of ether oxygens (including phenoxy) is 2. The lowest BCUT2D eigenvalue weighted by atomic mass is 9.92. The topological polar surface area (TPSA) is 127 Å². The van der Waals surface area contributed by atoms with Crippen molar-refractivity contribution in [3.63, 3.8) is 0 Å². The van der Waals surface area contributed by atoms with Gasteiger partial charge in [-0.15, -0.1) is 11.3 Å². The summed E-state index contributed by atoms with van der Waals surface area (Å²) in [6.45, 7) is 17.2. The van der Waals surface area contributed by atoms with E-state index in [1.54, 1.807) is 10.3 Å². The summed E-state index contributed by atoms with van der Waals surface area (Å²) in [7, 11) is -0.289. The molecule has 1 aliphatic heterocycles. The molecule has 1 N–H and O–H groups in total. The van der Waals surface area contributed by atoms with E-state index in [0.29, 0.717) is 24.3 Å². The molecule has 5 atom stereocenters. The second-order valence-electron chi connectivity index (χ2n) is 15.1. The number of thiazole rings is 1. The monoisotopic (exact) mass is 786 g/mol. The smallest absolute Gasteiger partial charge is 0.358 e. The van der Waals surface area contributed by atoms with Crippen LogP contribution in [0.4, 0.5) is 0 Å². The Bertz CT molecular complexity index is 1460. The van der Waals surface area contributed by atoms with Crippen molar-refractivity contribution in [2.24, 2.45) is 11.8 Å². The van der Waals surface area contributed by atoms with Gasteiger partial charge in [0.15, 0.2) is 20.7 Å². The Morgan fingerprint density at radius 1 is 1.00 bits per heavy atom. The fourth-order valence-electron chi connectivity index (χ4n) is 7.06. The fraction of sp³-hybridized carbons (Fsp3) is 0.683. The van der Waals surface area contributed by atoms with E-state index in [4.69, 9.17) is 18.9 Å². The van der Waals surface area contributed by atoms with E-state index in [1.165, 1.54) is 11.3 Å². The van der Waals surface area contributed by atoms with Crippen molar-refractivity contribution in [1.82, 2.24) is 20.1 Å². The van der Waals surface area contributed by atoms with Crippen molar-refractivity contribution in [3.05, 3.63) is 52.0 Å². The zero-order chi connectivity index (χ0) is 39.8. The highest BCUT2D eigenvalue weighted by molar-refractivity contribution is 7.09. The van der Waals surface area contributed by atoms with Gasteiger partial charge in [-0.3, -0.25) is 19.3 Å². The zero-order valence-electron chi connectivity index (χ0n) is 34.2. The van der Waals surface area contributed by atoms with Crippen LogP contribution in [0.2, 0.25) is 18.1 Å². The fourth-order valence-corrected chi connectivity index (χ4v) is 10.8. The van der Waals surface area contributed by atoms with E-state index in [9.17, 15) is 19.2 Å². The number of amides is 2. The van der Waals surface area contributed by atoms with E-state index in [1.807, 2.05) is 72.0 Å². The van der Waals surface area contributed by atoms with Crippen LogP contribution in [0.5, 0.6) is 0 Å². The lowest BCUT2D eigenvalue weighted by Crippen LogP contribution is -2.59. The summed E-state index contributed by atoms with van der Waals surface area (Å²) in [4.78, 5) is 63.1. The number of carbonyl (C=O) groups is 4. The van der Waals surface area contributed by atoms with E-state index in [2.05, 4.69) is 31.0 Å². The Morgan fingerprint density at radius 3 is 2.28 bits per heavy atom. The third-order valence-electron chi connectivity index (χ3n) is 11.1. The molecular weight excluding hydrogens is 721 g/mol. The minimum atomic E-state index is -2.24. The molecule has 302 valence electrons. The van der Waals surface area contributed by atoms with E-state index in [-0.39, 0.29) is 61.1 Å². The second kappa shape index (κ2) is 22.4. The zero-order valence-corrected chi connectivity index (χ0v) is 36.0. The molecule has 2 heterocycles. The molecule has 0 aliphatic carbocycles. The Labute approximate surface area is 329 Å². The number of hydrogen-bond donors (Lipinski definition) is 1. The first-order valence-corrected chi connectivity index (χ1v) is 23.5. The largest absolute Gasteiger partial charge is 0.456 e. The third-order valence-corrected chi connectivity index (χ3v) is 16.7. The van der Waals surface area contributed by atoms with Crippen LogP contribution in [-0.2, 0) is 34.9 Å². The molecular formula is C41H66N4O7SSi. The van der Waals surface area contributed by atoms with Crippen LogP contribution < -0.4 is 5.32 Å². The predicted octanol–water partition coefficient (Wildman–Crippen LogP) is 8.12. The van der Waals surface area contributed by atoms with Gasteiger partial charge in [-0.05, 0) is 74.8 Å². The van der Waals surface area contributed by atoms with Crippen LogP contribution in [0.1, 0.15) is 127 Å². The molecule has 0 unspecified atom stereocenters. The maximum absolute atomic E-state index is 14.9. The average Bonchev–Trinajstić information content (AvgIpc) is 3.68. The van der Waals surface area contributed by atoms with Gasteiger partial charge in [-0.2, -0.15) is 0 Å². The van der Waals surface area contributed by atoms with Crippen molar-refractivity contribution in [1.29, 1.82) is 0 Å². The molecule has 1 saturated heterocycles. The molecule has 11 nitrogen and oxygen atoms in total. The van der Waals surface area contributed by atoms with E-state index in [0.717, 1.165) is 49.5 Å². The number of benzene rings is 1. The van der Waals surface area contributed by atoms with Crippen molar-refractivity contribution in [3.8, 4) is 0 Å². The number of likely N-dealkylation sites (N-methyl/N-ethyl adjacent to an activating group) is 1. The maximum Gasteiger partial charge on any atom is 0.358 e. The standard InChI is InChI=1S/C41H66N4O7SSi/c1-10-20-36(46)51-28-45(40(48)37(30(8)11-2)43-38(47)33-23-18-19-24-44(33)9)34(29(6)7)25-35(52-54(12-3,13-4)14-5)39-42-32(27-53-39)41(49)50-26-31-21-16-15-17-22-31/h15-17,21-22,27,29-30,33-35,37H,10-14,18-20,23-26,28H2,1-9H3,(H,43,47)/t30-,33+,34+,35+,37-/m0/s1. The SMILES string of the molecule is CCCC(=O)OCN(C(=O)[C@@H](NC(=O)[C@H]1CCCCN1C)[C@@H](C)CC)[C@H](C[C@@H](O[Si](CC)(CC)CC)c1nc(C(=O)OCc2ccccc2)cs1)C(C)C. The third kappa shape index (κ3) is 12.7. The summed E-state index contributed by atoms with van der Waals surface area (Å²) in [5.74, 6) is -1.59. The Kier molecular flexibility index (Phi) is 18.8. The first kappa shape index (κ1) is 45.3. The lowest BCUT2D eigenvalue weighted by Gasteiger charge is -2.41. The van der Waals surface area contributed by atoms with E-state index < -0.39 is 32.5 Å². The van der Waals surface area contributed by atoms with Crippen LogP contribution in [0.3, 0.4) is 0 Å². The minimum absolute atomic E-state index is 0.0843. The van der Waals surface area contributed by atoms with Crippen molar-refractivity contribution >= 4 is 43.4 Å². The quantitative estimate of drug-likeness (QED) is 0.0715. The number of nitrogens with one attached hydrogen (secondary N) is 1. The van der Waals surface area contributed by atoms with Gasteiger partial charge in [0.25, 0.3) is 0 Å². The summed E-state index contributed by atoms with van der Waals surface area (Å²) in [5, 5.41) is 5.50. The summed E-state index contributed by atoms with van der Waals surface area (Å²) >= 11 is 1.35. The molecule has 1 aliphatic rings. The van der Waals surface area contributed by atoms with Gasteiger partial charge < -0.3 is 24.1 Å². The van der Waals surface area contributed by atoms with Gasteiger partial charge >= 0.3 is 11.9 Å². The molecule has 13 heteroatoms. The lowest BCUT2D eigenvalue weighted by molar-refractivity contribution is -0.159. The molecule has 3 rings (SSSR count). The molecule has 2 amide bonds. The summed E-state index contributed by atoms with van der Waals surface area (Å²) in [5.41, 5.74) is 1.10. The number of rotatable bonds is 22. The van der Waals surface area contributed by atoms with Crippen LogP contribution in [0, 0.1) is 11.8 Å². The summed E-state index contributed by atoms with van der Waals surface area (Å²) in [6.07, 6.45) is 4.09. The highest BCUT2D eigenvalue weighted by Gasteiger charge is 2.41. The molecule has 1 aromatic heterocycles. The highest BCUT2D eigenvalue weighted by atomic mass is 32.1. The molecule has 0 radical (unpaired) electrons. The first-order chi connectivity index (χ1) is 25.8.